The molecule has 3 aromatic rings. The predicted molar refractivity (Wildman–Crippen MR) is 114 cm³/mol. The van der Waals surface area contributed by atoms with Crippen molar-refractivity contribution in [2.75, 3.05) is 20.3 Å². The van der Waals surface area contributed by atoms with E-state index in [2.05, 4.69) is 0 Å². The fraction of sp³-hybridized carbons (Fsp3) is 0.174. The number of nitrogens with zero attached hydrogens (tertiary/aromatic N) is 1. The van der Waals surface area contributed by atoms with Crippen LogP contribution in [0.25, 0.3) is 0 Å². The van der Waals surface area contributed by atoms with Gasteiger partial charge in [0.2, 0.25) is 0 Å². The van der Waals surface area contributed by atoms with Crippen LogP contribution in [0, 0.1) is 11.6 Å². The van der Waals surface area contributed by atoms with E-state index < -0.39 is 21.8 Å². The summed E-state index contributed by atoms with van der Waals surface area (Å²) in [6.07, 6.45) is 0. The Morgan fingerprint density at radius 2 is 1.62 bits per heavy atom. The number of hydrogen-bond acceptors (Lipinski definition) is 5. The molecule has 9 heteroatoms. The number of carbonyl (C=O) groups is 1. The first-order chi connectivity index (χ1) is 15.3. The number of methoxy groups -OCH3 is 1. The summed E-state index contributed by atoms with van der Waals surface area (Å²) in [6.45, 7) is 0.769. The highest BCUT2D eigenvalue weighted by Crippen LogP contribution is 2.20. The molecule has 0 aliphatic heterocycles. The van der Waals surface area contributed by atoms with E-state index in [1.165, 1.54) is 48.4 Å². The third-order valence-electron chi connectivity index (χ3n) is 4.53. The minimum absolute atomic E-state index is 0.0676. The maximum atomic E-state index is 13.5. The van der Waals surface area contributed by atoms with Crippen LogP contribution in [0.2, 0.25) is 0 Å². The molecular formula is C23H21F2NO5S. The Kier molecular flexibility index (Phi) is 7.55. The molecule has 32 heavy (non-hydrogen) atoms. The van der Waals surface area contributed by atoms with Crippen LogP contribution in [-0.4, -0.2) is 39.5 Å². The molecule has 0 aromatic heterocycles. The van der Waals surface area contributed by atoms with Gasteiger partial charge in [0.25, 0.3) is 5.91 Å². The van der Waals surface area contributed by atoms with Crippen LogP contribution in [0.1, 0.15) is 15.9 Å². The zero-order chi connectivity index (χ0) is 23.1. The molecule has 6 nitrogen and oxygen atoms in total. The molecule has 0 aliphatic rings. The minimum Gasteiger partial charge on any atom is -0.383 e. The molecule has 0 N–H and O–H groups in total. The van der Waals surface area contributed by atoms with Gasteiger partial charge in [0, 0.05) is 25.8 Å². The third-order valence-corrected chi connectivity index (χ3v) is 5.79. The Morgan fingerprint density at radius 3 is 2.25 bits per heavy atom. The first-order valence-electron chi connectivity index (χ1n) is 9.61. The summed E-state index contributed by atoms with van der Waals surface area (Å²) >= 11 is 0. The second-order valence-electron chi connectivity index (χ2n) is 6.87. The van der Waals surface area contributed by atoms with Crippen molar-refractivity contribution in [1.82, 2.24) is 4.90 Å². The average molecular weight is 461 g/mol. The number of carbonyl (C=O) groups excluding carboxylic acids is 1. The first kappa shape index (κ1) is 23.4. The molecular weight excluding hydrogens is 440 g/mol. The van der Waals surface area contributed by atoms with Gasteiger partial charge in [0.1, 0.15) is 22.3 Å². The predicted octanol–water partition coefficient (Wildman–Crippen LogP) is 4.02. The second-order valence-corrected chi connectivity index (χ2v) is 8.41. The van der Waals surface area contributed by atoms with Crippen molar-refractivity contribution in [1.29, 1.82) is 0 Å². The van der Waals surface area contributed by atoms with Crippen molar-refractivity contribution < 1.29 is 30.9 Å². The molecule has 0 bridgehead atoms. The summed E-state index contributed by atoms with van der Waals surface area (Å²) in [5.41, 5.74) is 0.920. The highest BCUT2D eigenvalue weighted by Gasteiger charge is 2.18. The molecule has 0 aliphatic carbocycles. The Bertz CT molecular complexity index is 1170. The van der Waals surface area contributed by atoms with Gasteiger partial charge in [-0.1, -0.05) is 18.2 Å². The Morgan fingerprint density at radius 1 is 0.938 bits per heavy atom. The lowest BCUT2D eigenvalue weighted by atomic mass is 10.1. The molecule has 0 saturated carbocycles. The largest absolute Gasteiger partial charge is 0.383 e. The molecule has 3 rings (SSSR count). The van der Waals surface area contributed by atoms with E-state index in [0.29, 0.717) is 5.56 Å². The smallest absolute Gasteiger partial charge is 0.339 e. The lowest BCUT2D eigenvalue weighted by Gasteiger charge is -2.23. The van der Waals surface area contributed by atoms with Crippen LogP contribution in [0.15, 0.2) is 77.7 Å². The molecule has 3 aromatic carbocycles. The Balaban J connectivity index is 1.73. The van der Waals surface area contributed by atoms with Gasteiger partial charge in [-0.15, -0.1) is 0 Å². The fourth-order valence-electron chi connectivity index (χ4n) is 2.90. The fourth-order valence-corrected chi connectivity index (χ4v) is 3.83. The van der Waals surface area contributed by atoms with Crippen LogP contribution in [0.5, 0.6) is 5.75 Å². The summed E-state index contributed by atoms with van der Waals surface area (Å²) < 4.78 is 61.3. The average Bonchev–Trinajstić information content (AvgIpc) is 2.77. The lowest BCUT2D eigenvalue weighted by molar-refractivity contribution is 0.0680. The molecule has 0 saturated heterocycles. The van der Waals surface area contributed by atoms with E-state index in [-0.39, 0.29) is 41.8 Å². The first-order valence-corrected chi connectivity index (χ1v) is 11.0. The molecule has 0 atom stereocenters. The van der Waals surface area contributed by atoms with Crippen molar-refractivity contribution >= 4 is 16.0 Å². The van der Waals surface area contributed by atoms with Crippen molar-refractivity contribution in [3.05, 3.63) is 95.6 Å². The van der Waals surface area contributed by atoms with Crippen molar-refractivity contribution in [2.24, 2.45) is 0 Å². The van der Waals surface area contributed by atoms with E-state index in [0.717, 1.165) is 24.3 Å². The zero-order valence-corrected chi connectivity index (χ0v) is 18.0. The highest BCUT2D eigenvalue weighted by atomic mass is 32.2. The molecule has 168 valence electrons. The molecule has 0 heterocycles. The van der Waals surface area contributed by atoms with E-state index >= 15 is 0 Å². The van der Waals surface area contributed by atoms with Crippen molar-refractivity contribution in [3.63, 3.8) is 0 Å². The number of halogens is 2. The number of amides is 1. The monoisotopic (exact) mass is 461 g/mol. The van der Waals surface area contributed by atoms with Crippen LogP contribution < -0.4 is 4.18 Å². The maximum Gasteiger partial charge on any atom is 0.339 e. The summed E-state index contributed by atoms with van der Waals surface area (Å²) in [5.74, 6) is -1.36. The lowest BCUT2D eigenvalue weighted by Crippen LogP contribution is -2.33. The Hall–Kier alpha value is -3.30. The summed E-state index contributed by atoms with van der Waals surface area (Å²) in [6, 6.07) is 15.9. The van der Waals surface area contributed by atoms with E-state index in [4.69, 9.17) is 8.92 Å². The van der Waals surface area contributed by atoms with Gasteiger partial charge in [-0.05, 0) is 60.2 Å². The van der Waals surface area contributed by atoms with Crippen LogP contribution >= 0.6 is 0 Å². The molecule has 0 fully saturated rings. The standard InChI is InChI=1S/C23H21F2NO5S/c1-30-14-13-26(23(27)18-3-2-4-20(25)15-18)16-17-5-9-21(10-6-17)31-32(28,29)22-11-7-19(24)8-12-22/h2-12,15H,13-14,16H2,1H3. The highest BCUT2D eigenvalue weighted by molar-refractivity contribution is 7.87. The number of hydrogen-bond donors (Lipinski definition) is 0. The number of ether oxygens (including phenoxy) is 1. The van der Waals surface area contributed by atoms with Gasteiger partial charge in [0.15, 0.2) is 0 Å². The topological polar surface area (TPSA) is 72.9 Å². The van der Waals surface area contributed by atoms with Gasteiger partial charge in [-0.2, -0.15) is 8.42 Å². The molecule has 1 amide bonds. The summed E-state index contributed by atoms with van der Waals surface area (Å²) in [5, 5.41) is 0. The van der Waals surface area contributed by atoms with E-state index in [1.807, 2.05) is 0 Å². The number of rotatable bonds is 9. The maximum absolute atomic E-state index is 13.5. The summed E-state index contributed by atoms with van der Waals surface area (Å²) in [4.78, 5) is 14.1. The van der Waals surface area contributed by atoms with E-state index in [9.17, 15) is 22.0 Å². The van der Waals surface area contributed by atoms with Gasteiger partial charge in [-0.3, -0.25) is 4.79 Å². The molecule has 0 radical (unpaired) electrons. The minimum atomic E-state index is -4.11. The van der Waals surface area contributed by atoms with Gasteiger partial charge < -0.3 is 13.8 Å². The molecule has 0 unspecified atom stereocenters. The molecule has 0 spiro atoms. The SMILES string of the molecule is COCCN(Cc1ccc(OS(=O)(=O)c2ccc(F)cc2)cc1)C(=O)c1cccc(F)c1. The van der Waals surface area contributed by atoms with Gasteiger partial charge >= 0.3 is 10.1 Å². The Labute approximate surface area is 185 Å². The summed E-state index contributed by atoms with van der Waals surface area (Å²) in [7, 11) is -2.60. The third kappa shape index (κ3) is 6.12. The normalized spacial score (nSPS) is 11.2. The second kappa shape index (κ2) is 10.3. The van der Waals surface area contributed by atoms with Gasteiger partial charge in [-0.25, -0.2) is 8.78 Å². The van der Waals surface area contributed by atoms with Crippen LogP contribution in [-0.2, 0) is 21.4 Å². The van der Waals surface area contributed by atoms with Gasteiger partial charge in [0.05, 0.1) is 6.61 Å². The van der Waals surface area contributed by atoms with Crippen LogP contribution in [0.4, 0.5) is 8.78 Å². The van der Waals surface area contributed by atoms with Crippen LogP contribution in [0.3, 0.4) is 0 Å². The van der Waals surface area contributed by atoms with E-state index in [1.54, 1.807) is 12.1 Å². The van der Waals surface area contributed by atoms with Crippen molar-refractivity contribution in [3.8, 4) is 5.75 Å². The van der Waals surface area contributed by atoms with Crippen molar-refractivity contribution in [2.45, 2.75) is 11.4 Å². The number of benzene rings is 3. The quantitative estimate of drug-likeness (QED) is 0.450. The zero-order valence-electron chi connectivity index (χ0n) is 17.2.